The van der Waals surface area contributed by atoms with Crippen molar-refractivity contribution in [2.45, 2.75) is 59.2 Å². The zero-order valence-corrected chi connectivity index (χ0v) is 26.0. The molecular weight excluding hydrogens is 555 g/mol. The minimum Gasteiger partial charge on any atom is -0.352 e. The van der Waals surface area contributed by atoms with Gasteiger partial charge in [-0.3, -0.25) is 9.59 Å². The van der Waals surface area contributed by atoms with Crippen molar-refractivity contribution in [3.05, 3.63) is 101 Å². The SMILES string of the molecule is CC[C@@H](C)NC(=O)[C@H](Cc1ccccc1)N(Cc1ccc(F)cc1)C(=O)CN(c1cc(C)ccc1C)S(=O)(=O)N(C)C. The van der Waals surface area contributed by atoms with Crippen molar-refractivity contribution in [2.75, 3.05) is 24.9 Å². The number of nitrogens with zero attached hydrogens (tertiary/aromatic N) is 3. The number of amides is 2. The first kappa shape index (κ1) is 32.8. The number of hydrogen-bond acceptors (Lipinski definition) is 4. The van der Waals surface area contributed by atoms with E-state index in [1.807, 2.05) is 57.2 Å². The molecular formula is C32H41FN4O4S. The van der Waals surface area contributed by atoms with Crippen LogP contribution in [0.4, 0.5) is 10.1 Å². The Morgan fingerprint density at radius 2 is 1.57 bits per heavy atom. The van der Waals surface area contributed by atoms with E-state index < -0.39 is 34.5 Å². The minimum absolute atomic E-state index is 0.0206. The van der Waals surface area contributed by atoms with Gasteiger partial charge in [0.2, 0.25) is 11.8 Å². The minimum atomic E-state index is -4.10. The molecule has 0 aromatic heterocycles. The van der Waals surface area contributed by atoms with Gasteiger partial charge in [0.1, 0.15) is 18.4 Å². The lowest BCUT2D eigenvalue weighted by atomic mass is 10.0. The van der Waals surface area contributed by atoms with Gasteiger partial charge in [-0.15, -0.1) is 0 Å². The number of rotatable bonds is 13. The van der Waals surface area contributed by atoms with Crippen molar-refractivity contribution in [1.82, 2.24) is 14.5 Å². The maximum Gasteiger partial charge on any atom is 0.304 e. The highest BCUT2D eigenvalue weighted by atomic mass is 32.2. The molecule has 0 spiro atoms. The molecule has 226 valence electrons. The number of halogens is 1. The highest BCUT2D eigenvalue weighted by Gasteiger charge is 2.35. The molecule has 0 aliphatic heterocycles. The Kier molecular flexibility index (Phi) is 11.2. The van der Waals surface area contributed by atoms with Crippen LogP contribution in [0, 0.1) is 19.7 Å². The second-order valence-electron chi connectivity index (χ2n) is 10.8. The Morgan fingerprint density at radius 3 is 2.17 bits per heavy atom. The monoisotopic (exact) mass is 596 g/mol. The Bertz CT molecular complexity index is 1460. The summed E-state index contributed by atoms with van der Waals surface area (Å²) in [5.41, 5.74) is 3.33. The van der Waals surface area contributed by atoms with E-state index in [-0.39, 0.29) is 24.9 Å². The third kappa shape index (κ3) is 8.39. The number of hydrogen-bond donors (Lipinski definition) is 1. The van der Waals surface area contributed by atoms with Crippen LogP contribution in [0.15, 0.2) is 72.8 Å². The van der Waals surface area contributed by atoms with Crippen LogP contribution in [-0.4, -0.2) is 62.2 Å². The summed E-state index contributed by atoms with van der Waals surface area (Å²) in [5, 5.41) is 3.00. The maximum absolute atomic E-state index is 14.3. The molecule has 0 aliphatic carbocycles. The van der Waals surface area contributed by atoms with Gasteiger partial charge in [-0.1, -0.05) is 61.5 Å². The summed E-state index contributed by atoms with van der Waals surface area (Å²) < 4.78 is 43.1. The van der Waals surface area contributed by atoms with Crippen LogP contribution in [0.2, 0.25) is 0 Å². The lowest BCUT2D eigenvalue weighted by Crippen LogP contribution is -2.55. The molecule has 1 N–H and O–H groups in total. The molecule has 10 heteroatoms. The van der Waals surface area contributed by atoms with Gasteiger partial charge in [0, 0.05) is 33.1 Å². The van der Waals surface area contributed by atoms with Crippen molar-refractivity contribution in [3.63, 3.8) is 0 Å². The molecule has 3 aromatic rings. The van der Waals surface area contributed by atoms with Crippen molar-refractivity contribution in [3.8, 4) is 0 Å². The predicted octanol–water partition coefficient (Wildman–Crippen LogP) is 4.61. The number of carbonyl (C=O) groups excluding carboxylic acids is 2. The molecule has 0 saturated heterocycles. The molecule has 2 atom stereocenters. The fourth-order valence-corrected chi connectivity index (χ4v) is 5.58. The number of carbonyl (C=O) groups is 2. The zero-order valence-electron chi connectivity index (χ0n) is 25.2. The first-order valence-corrected chi connectivity index (χ1v) is 15.4. The second-order valence-corrected chi connectivity index (χ2v) is 12.8. The Morgan fingerprint density at radius 1 is 0.929 bits per heavy atom. The smallest absolute Gasteiger partial charge is 0.304 e. The summed E-state index contributed by atoms with van der Waals surface area (Å²) in [7, 11) is -1.28. The van der Waals surface area contributed by atoms with Gasteiger partial charge in [-0.2, -0.15) is 12.7 Å². The zero-order chi connectivity index (χ0) is 31.0. The van der Waals surface area contributed by atoms with Crippen LogP contribution < -0.4 is 9.62 Å². The number of benzene rings is 3. The number of aryl methyl sites for hydroxylation is 2. The van der Waals surface area contributed by atoms with Crippen molar-refractivity contribution < 1.29 is 22.4 Å². The molecule has 0 heterocycles. The van der Waals surface area contributed by atoms with E-state index in [9.17, 15) is 22.4 Å². The topological polar surface area (TPSA) is 90.0 Å². The van der Waals surface area contributed by atoms with Gasteiger partial charge in [-0.25, -0.2) is 8.70 Å². The van der Waals surface area contributed by atoms with E-state index in [1.54, 1.807) is 31.2 Å². The summed E-state index contributed by atoms with van der Waals surface area (Å²) in [5.74, 6) is -1.34. The van der Waals surface area contributed by atoms with Crippen LogP contribution in [0.3, 0.4) is 0 Å². The average Bonchev–Trinajstić information content (AvgIpc) is 2.96. The summed E-state index contributed by atoms with van der Waals surface area (Å²) >= 11 is 0. The van der Waals surface area contributed by atoms with Gasteiger partial charge >= 0.3 is 10.2 Å². The highest BCUT2D eigenvalue weighted by molar-refractivity contribution is 7.90. The Hall–Kier alpha value is -3.76. The van der Waals surface area contributed by atoms with E-state index in [2.05, 4.69) is 5.32 Å². The molecule has 0 unspecified atom stereocenters. The number of anilines is 1. The fraction of sp³-hybridized carbons (Fsp3) is 0.375. The quantitative estimate of drug-likeness (QED) is 0.312. The molecule has 0 radical (unpaired) electrons. The molecule has 3 aromatic carbocycles. The van der Waals surface area contributed by atoms with Crippen LogP contribution in [0.1, 0.15) is 42.5 Å². The first-order valence-electron chi connectivity index (χ1n) is 14.0. The lowest BCUT2D eigenvalue weighted by molar-refractivity contribution is -0.140. The van der Waals surface area contributed by atoms with E-state index in [4.69, 9.17) is 0 Å². The van der Waals surface area contributed by atoms with Crippen LogP contribution in [-0.2, 0) is 32.8 Å². The normalized spacial score (nSPS) is 13.0. The van der Waals surface area contributed by atoms with E-state index in [0.29, 0.717) is 23.2 Å². The summed E-state index contributed by atoms with van der Waals surface area (Å²) in [6.07, 6.45) is 0.900. The standard InChI is InChI=1S/C32H41FN4O4S/c1-7-25(4)34-32(39)30(20-26-11-9-8-10-12-26)36(21-27-15-17-28(33)18-16-27)31(38)22-37(42(40,41)35(5)6)29-19-23(2)13-14-24(29)3/h8-19,25,30H,7,20-22H2,1-6H3,(H,34,39)/t25-,30+/m1/s1. The van der Waals surface area contributed by atoms with Gasteiger partial charge < -0.3 is 10.2 Å². The van der Waals surface area contributed by atoms with E-state index >= 15 is 0 Å². The number of nitrogens with one attached hydrogen (secondary N) is 1. The summed E-state index contributed by atoms with van der Waals surface area (Å²) in [4.78, 5) is 29.5. The molecule has 0 aliphatic rings. The molecule has 42 heavy (non-hydrogen) atoms. The highest BCUT2D eigenvalue weighted by Crippen LogP contribution is 2.26. The van der Waals surface area contributed by atoms with Crippen molar-refractivity contribution >= 4 is 27.7 Å². The molecule has 0 fully saturated rings. The second kappa shape index (κ2) is 14.4. The van der Waals surface area contributed by atoms with Crippen molar-refractivity contribution in [2.24, 2.45) is 0 Å². The summed E-state index contributed by atoms with van der Waals surface area (Å²) in [6.45, 7) is 6.91. The van der Waals surface area contributed by atoms with Crippen molar-refractivity contribution in [1.29, 1.82) is 0 Å². The molecule has 0 bridgehead atoms. The van der Waals surface area contributed by atoms with Gasteiger partial charge in [0.15, 0.2) is 0 Å². The maximum atomic E-state index is 14.3. The molecule has 8 nitrogen and oxygen atoms in total. The van der Waals surface area contributed by atoms with Crippen LogP contribution >= 0.6 is 0 Å². The molecule has 0 saturated carbocycles. The predicted molar refractivity (Wildman–Crippen MR) is 165 cm³/mol. The Balaban J connectivity index is 2.13. The first-order chi connectivity index (χ1) is 19.8. The third-order valence-electron chi connectivity index (χ3n) is 7.19. The van der Waals surface area contributed by atoms with Crippen LogP contribution in [0.5, 0.6) is 0 Å². The Labute approximate surface area is 249 Å². The average molecular weight is 597 g/mol. The van der Waals surface area contributed by atoms with Gasteiger partial charge in [0.05, 0.1) is 5.69 Å². The molecule has 2 amide bonds. The third-order valence-corrected chi connectivity index (χ3v) is 9.00. The van der Waals surface area contributed by atoms with E-state index in [1.165, 1.54) is 31.1 Å². The van der Waals surface area contributed by atoms with Gasteiger partial charge in [0.25, 0.3) is 0 Å². The molecule has 3 rings (SSSR count). The van der Waals surface area contributed by atoms with Gasteiger partial charge in [-0.05, 0) is 67.6 Å². The lowest BCUT2D eigenvalue weighted by Gasteiger charge is -2.35. The fourth-order valence-electron chi connectivity index (χ4n) is 4.47. The van der Waals surface area contributed by atoms with E-state index in [0.717, 1.165) is 19.7 Å². The summed E-state index contributed by atoms with van der Waals surface area (Å²) in [6, 6.07) is 19.4. The largest absolute Gasteiger partial charge is 0.352 e. The van der Waals surface area contributed by atoms with Crippen LogP contribution in [0.25, 0.3) is 0 Å².